The van der Waals surface area contributed by atoms with Crippen molar-refractivity contribution in [1.82, 2.24) is 4.98 Å². The maximum absolute atomic E-state index is 12.2. The predicted molar refractivity (Wildman–Crippen MR) is 131 cm³/mol. The van der Waals surface area contributed by atoms with Crippen molar-refractivity contribution in [2.75, 3.05) is 17.7 Å². The first kappa shape index (κ1) is 21.2. The summed E-state index contributed by atoms with van der Waals surface area (Å²) in [5.74, 6) is 0.116. The highest BCUT2D eigenvalue weighted by Gasteiger charge is 2.19. The van der Waals surface area contributed by atoms with Gasteiger partial charge in [0.15, 0.2) is 5.88 Å². The molecule has 0 aliphatic rings. The molecule has 162 valence electrons. The van der Waals surface area contributed by atoms with Gasteiger partial charge in [-0.05, 0) is 48.9 Å². The quantitative estimate of drug-likeness (QED) is 0.285. The Balaban J connectivity index is 1.80. The topological polar surface area (TPSA) is 94.7 Å². The second-order valence-electron chi connectivity index (χ2n) is 7.70. The summed E-state index contributed by atoms with van der Waals surface area (Å²) in [4.78, 5) is 21.7. The molecule has 1 amide bonds. The Kier molecular flexibility index (Phi) is 5.94. The molecule has 0 unspecified atom stereocenters. The average molecular weight is 427 g/mol. The summed E-state index contributed by atoms with van der Waals surface area (Å²) in [6.07, 6.45) is 1.32. The number of H-pyrrole nitrogens is 1. The molecular weight excluding hydrogens is 400 g/mol. The van der Waals surface area contributed by atoms with Crippen molar-refractivity contribution >= 4 is 39.6 Å². The Hall–Kier alpha value is -4.06. The number of hydrogen-bond donors (Lipinski definition) is 3. The third-order valence-electron chi connectivity index (χ3n) is 5.40. The van der Waals surface area contributed by atoms with Crippen LogP contribution in [0.1, 0.15) is 30.9 Å². The van der Waals surface area contributed by atoms with E-state index in [0.29, 0.717) is 29.1 Å². The standard InChI is InChI=1S/C26H26N4O2/c1-3-7-23(31)30(2)20-13-11-19(12-14-20)28-25(17-8-5-4-6-9-17)24-21-16-18(27)10-15-22(21)29-26(24)32/h4-6,8-16,29,32H,3,7,27H2,1-2H3. The van der Waals surface area contributed by atoms with Crippen LogP contribution in [-0.4, -0.2) is 28.8 Å². The van der Waals surface area contributed by atoms with E-state index in [1.165, 1.54) is 0 Å². The molecule has 1 aromatic heterocycles. The van der Waals surface area contributed by atoms with Gasteiger partial charge >= 0.3 is 0 Å². The Morgan fingerprint density at radius 2 is 1.78 bits per heavy atom. The van der Waals surface area contributed by atoms with Crippen LogP contribution in [-0.2, 0) is 4.79 Å². The number of nitrogens with two attached hydrogens (primary N) is 1. The van der Waals surface area contributed by atoms with Crippen molar-refractivity contribution in [3.63, 3.8) is 0 Å². The lowest BCUT2D eigenvalue weighted by Crippen LogP contribution is -2.25. The molecule has 6 nitrogen and oxygen atoms in total. The van der Waals surface area contributed by atoms with Crippen LogP contribution in [0.2, 0.25) is 0 Å². The van der Waals surface area contributed by atoms with E-state index in [2.05, 4.69) is 4.98 Å². The molecule has 0 aliphatic carbocycles. The molecular formula is C26H26N4O2. The number of nitrogen functional groups attached to an aromatic ring is 1. The third kappa shape index (κ3) is 4.21. The highest BCUT2D eigenvalue weighted by Crippen LogP contribution is 2.33. The van der Waals surface area contributed by atoms with E-state index in [-0.39, 0.29) is 11.8 Å². The third-order valence-corrected chi connectivity index (χ3v) is 5.40. The van der Waals surface area contributed by atoms with Crippen molar-refractivity contribution in [1.29, 1.82) is 0 Å². The van der Waals surface area contributed by atoms with E-state index < -0.39 is 0 Å². The largest absolute Gasteiger partial charge is 0.494 e. The first-order valence-electron chi connectivity index (χ1n) is 10.6. The lowest BCUT2D eigenvalue weighted by Gasteiger charge is -2.17. The average Bonchev–Trinajstić information content (AvgIpc) is 3.13. The number of aromatic amines is 1. The number of carbonyl (C=O) groups excluding carboxylic acids is 1. The zero-order chi connectivity index (χ0) is 22.7. The summed E-state index contributed by atoms with van der Waals surface area (Å²) >= 11 is 0. The van der Waals surface area contributed by atoms with Gasteiger partial charge in [-0.2, -0.15) is 0 Å². The monoisotopic (exact) mass is 426 g/mol. The van der Waals surface area contributed by atoms with Crippen molar-refractivity contribution < 1.29 is 9.90 Å². The number of nitrogens with one attached hydrogen (secondary N) is 1. The van der Waals surface area contributed by atoms with Crippen LogP contribution in [0.3, 0.4) is 0 Å². The summed E-state index contributed by atoms with van der Waals surface area (Å²) in [6, 6.07) is 22.7. The summed E-state index contributed by atoms with van der Waals surface area (Å²) < 4.78 is 0. The van der Waals surface area contributed by atoms with Crippen molar-refractivity contribution in [3.05, 3.63) is 83.9 Å². The number of carbonyl (C=O) groups is 1. The fourth-order valence-electron chi connectivity index (χ4n) is 3.70. The molecule has 0 fully saturated rings. The van der Waals surface area contributed by atoms with Gasteiger partial charge in [0.25, 0.3) is 0 Å². The SMILES string of the molecule is CCCC(=O)N(C)c1ccc(N=C(c2ccccc2)c2c(O)[nH]c3ccc(N)cc23)cc1. The highest BCUT2D eigenvalue weighted by molar-refractivity contribution is 6.22. The van der Waals surface area contributed by atoms with Crippen molar-refractivity contribution in [3.8, 4) is 5.88 Å². The molecule has 4 aromatic rings. The van der Waals surface area contributed by atoms with Gasteiger partial charge in [0.05, 0.1) is 17.0 Å². The normalized spacial score (nSPS) is 11.6. The van der Waals surface area contributed by atoms with E-state index in [1.807, 2.05) is 73.7 Å². The predicted octanol–water partition coefficient (Wildman–Crippen LogP) is 5.39. The van der Waals surface area contributed by atoms with Gasteiger partial charge < -0.3 is 20.7 Å². The highest BCUT2D eigenvalue weighted by atomic mass is 16.3. The Labute approximate surface area is 187 Å². The summed E-state index contributed by atoms with van der Waals surface area (Å²) in [5, 5.41) is 11.5. The van der Waals surface area contributed by atoms with E-state index in [1.54, 1.807) is 18.0 Å². The smallest absolute Gasteiger partial charge is 0.226 e. The van der Waals surface area contributed by atoms with Crippen LogP contribution in [0, 0.1) is 0 Å². The number of rotatable bonds is 6. The van der Waals surface area contributed by atoms with Gasteiger partial charge in [0.1, 0.15) is 0 Å². The molecule has 6 heteroatoms. The maximum atomic E-state index is 12.2. The minimum atomic E-state index is 0.0368. The molecule has 0 bridgehead atoms. The lowest BCUT2D eigenvalue weighted by molar-refractivity contribution is -0.118. The molecule has 0 radical (unpaired) electrons. The Morgan fingerprint density at radius 3 is 2.47 bits per heavy atom. The number of aromatic nitrogens is 1. The molecule has 32 heavy (non-hydrogen) atoms. The summed E-state index contributed by atoms with van der Waals surface area (Å²) in [7, 11) is 1.78. The molecule has 0 aliphatic heterocycles. The zero-order valence-electron chi connectivity index (χ0n) is 18.2. The second kappa shape index (κ2) is 8.98. The van der Waals surface area contributed by atoms with Gasteiger partial charge in [-0.15, -0.1) is 0 Å². The Bertz CT molecular complexity index is 1270. The van der Waals surface area contributed by atoms with Gasteiger partial charge in [-0.25, -0.2) is 4.99 Å². The molecule has 3 aromatic carbocycles. The molecule has 1 heterocycles. The molecule has 0 saturated heterocycles. The molecule has 0 spiro atoms. The molecule has 0 saturated carbocycles. The number of hydrogen-bond acceptors (Lipinski definition) is 4. The Morgan fingerprint density at radius 1 is 1.06 bits per heavy atom. The number of benzene rings is 3. The minimum Gasteiger partial charge on any atom is -0.494 e. The number of amides is 1. The van der Waals surface area contributed by atoms with Crippen molar-refractivity contribution in [2.45, 2.75) is 19.8 Å². The first-order valence-corrected chi connectivity index (χ1v) is 10.6. The van der Waals surface area contributed by atoms with Crippen LogP contribution in [0.4, 0.5) is 17.1 Å². The van der Waals surface area contributed by atoms with Gasteiger partial charge in [-0.1, -0.05) is 37.3 Å². The van der Waals surface area contributed by atoms with Crippen LogP contribution in [0.25, 0.3) is 10.9 Å². The van der Waals surface area contributed by atoms with E-state index in [9.17, 15) is 9.90 Å². The van der Waals surface area contributed by atoms with Crippen molar-refractivity contribution in [2.24, 2.45) is 4.99 Å². The molecule has 4 N–H and O–H groups in total. The molecule has 4 rings (SSSR count). The lowest BCUT2D eigenvalue weighted by atomic mass is 10.0. The minimum absolute atomic E-state index is 0.0368. The van der Waals surface area contributed by atoms with E-state index in [4.69, 9.17) is 10.7 Å². The van der Waals surface area contributed by atoms with E-state index >= 15 is 0 Å². The number of nitrogens with zero attached hydrogens (tertiary/aromatic N) is 2. The maximum Gasteiger partial charge on any atom is 0.226 e. The van der Waals surface area contributed by atoms with Gasteiger partial charge in [0, 0.05) is 41.3 Å². The van der Waals surface area contributed by atoms with Gasteiger partial charge in [-0.3, -0.25) is 4.79 Å². The number of fused-ring (bicyclic) bond motifs is 1. The number of aromatic hydroxyl groups is 1. The summed E-state index contributed by atoms with van der Waals surface area (Å²) in [5.41, 5.74) is 11.0. The number of anilines is 2. The van der Waals surface area contributed by atoms with E-state index in [0.717, 1.165) is 28.6 Å². The van der Waals surface area contributed by atoms with Crippen LogP contribution in [0.15, 0.2) is 77.8 Å². The zero-order valence-corrected chi connectivity index (χ0v) is 18.2. The first-order chi connectivity index (χ1) is 15.5. The van der Waals surface area contributed by atoms with Crippen LogP contribution < -0.4 is 10.6 Å². The number of aliphatic imine (C=N–C) groups is 1. The van der Waals surface area contributed by atoms with Crippen LogP contribution >= 0.6 is 0 Å². The summed E-state index contributed by atoms with van der Waals surface area (Å²) in [6.45, 7) is 1.99. The molecule has 0 atom stereocenters. The van der Waals surface area contributed by atoms with Crippen LogP contribution in [0.5, 0.6) is 5.88 Å². The van der Waals surface area contributed by atoms with Gasteiger partial charge in [0.2, 0.25) is 5.91 Å². The fraction of sp³-hybridized carbons (Fsp3) is 0.154. The fourth-order valence-corrected chi connectivity index (χ4v) is 3.70. The second-order valence-corrected chi connectivity index (χ2v) is 7.70.